The zero-order valence-corrected chi connectivity index (χ0v) is 11.5. The second kappa shape index (κ2) is 5.93. The average Bonchev–Trinajstić information content (AvgIpc) is 2.18. The summed E-state index contributed by atoms with van der Waals surface area (Å²) in [7, 11) is 0. The standard InChI is InChI=1S/C13H25NS/c1-5-15-12(11(2)3)14-13(4)9-7-6-8-10-13/h11H,5-10H2,1-4H3. The van der Waals surface area contributed by atoms with Crippen LogP contribution in [0, 0.1) is 5.92 Å². The Morgan fingerprint density at radius 2 is 1.87 bits per heavy atom. The smallest absolute Gasteiger partial charge is 0.0708 e. The molecule has 0 unspecified atom stereocenters. The van der Waals surface area contributed by atoms with Gasteiger partial charge in [-0.25, -0.2) is 0 Å². The van der Waals surface area contributed by atoms with Crippen LogP contribution < -0.4 is 0 Å². The Balaban J connectivity index is 2.70. The number of nitrogens with zero attached hydrogens (tertiary/aromatic N) is 1. The van der Waals surface area contributed by atoms with Crippen LogP contribution in [0.2, 0.25) is 0 Å². The lowest BCUT2D eigenvalue weighted by Gasteiger charge is -2.31. The van der Waals surface area contributed by atoms with E-state index in [0.29, 0.717) is 5.92 Å². The minimum absolute atomic E-state index is 0.250. The molecule has 0 atom stereocenters. The lowest BCUT2D eigenvalue weighted by molar-refractivity contribution is 0.325. The number of hydrogen-bond acceptors (Lipinski definition) is 2. The fourth-order valence-electron chi connectivity index (χ4n) is 2.17. The Hall–Kier alpha value is 0.0200. The maximum Gasteiger partial charge on any atom is 0.0708 e. The highest BCUT2D eigenvalue weighted by Crippen LogP contribution is 2.33. The molecule has 0 aromatic heterocycles. The van der Waals surface area contributed by atoms with Crippen molar-refractivity contribution in [1.29, 1.82) is 0 Å². The summed E-state index contributed by atoms with van der Waals surface area (Å²) >= 11 is 1.93. The van der Waals surface area contributed by atoms with E-state index in [1.807, 2.05) is 11.8 Å². The summed E-state index contributed by atoms with van der Waals surface area (Å²) in [4.78, 5) is 5.04. The highest BCUT2D eigenvalue weighted by molar-refractivity contribution is 8.13. The van der Waals surface area contributed by atoms with Crippen molar-refractivity contribution in [2.45, 2.75) is 65.3 Å². The van der Waals surface area contributed by atoms with Gasteiger partial charge in [-0.15, -0.1) is 11.8 Å². The van der Waals surface area contributed by atoms with Crippen molar-refractivity contribution in [3.05, 3.63) is 0 Å². The van der Waals surface area contributed by atoms with Gasteiger partial charge in [-0.3, -0.25) is 4.99 Å². The van der Waals surface area contributed by atoms with Gasteiger partial charge < -0.3 is 0 Å². The highest BCUT2D eigenvalue weighted by Gasteiger charge is 2.26. The summed E-state index contributed by atoms with van der Waals surface area (Å²) in [6, 6.07) is 0. The third-order valence-corrected chi connectivity index (χ3v) is 4.24. The first-order valence-electron chi connectivity index (χ1n) is 6.30. The van der Waals surface area contributed by atoms with Crippen LogP contribution in [0.3, 0.4) is 0 Å². The fourth-order valence-corrected chi connectivity index (χ4v) is 3.08. The lowest BCUT2D eigenvalue weighted by atomic mass is 9.84. The summed E-state index contributed by atoms with van der Waals surface area (Å²) in [5, 5.41) is 1.36. The molecule has 88 valence electrons. The van der Waals surface area contributed by atoms with Gasteiger partial charge in [-0.2, -0.15) is 0 Å². The molecule has 1 saturated carbocycles. The van der Waals surface area contributed by atoms with E-state index in [-0.39, 0.29) is 5.54 Å². The number of hydrogen-bond donors (Lipinski definition) is 0. The molecule has 1 rings (SSSR count). The minimum atomic E-state index is 0.250. The summed E-state index contributed by atoms with van der Waals surface area (Å²) in [6.45, 7) is 9.07. The molecule has 0 spiro atoms. The normalized spacial score (nSPS) is 22.1. The molecule has 0 amide bonds. The molecule has 0 heterocycles. The van der Waals surface area contributed by atoms with E-state index in [0.717, 1.165) is 5.75 Å². The van der Waals surface area contributed by atoms with Gasteiger partial charge in [0, 0.05) is 5.92 Å². The molecule has 1 nitrogen and oxygen atoms in total. The molecule has 1 aliphatic carbocycles. The summed E-state index contributed by atoms with van der Waals surface area (Å²) in [5.74, 6) is 1.74. The Bertz CT molecular complexity index is 215. The van der Waals surface area contributed by atoms with E-state index in [1.165, 1.54) is 37.1 Å². The summed E-state index contributed by atoms with van der Waals surface area (Å²) < 4.78 is 0. The summed E-state index contributed by atoms with van der Waals surface area (Å²) in [6.07, 6.45) is 6.70. The molecule has 1 fully saturated rings. The average molecular weight is 227 g/mol. The largest absolute Gasteiger partial charge is 0.276 e. The van der Waals surface area contributed by atoms with E-state index < -0.39 is 0 Å². The predicted octanol–water partition coefficient (Wildman–Crippen LogP) is 4.52. The Labute approximate surface area is 99.1 Å². The van der Waals surface area contributed by atoms with Gasteiger partial charge in [0.15, 0.2) is 0 Å². The first-order valence-corrected chi connectivity index (χ1v) is 7.28. The van der Waals surface area contributed by atoms with Crippen molar-refractivity contribution >= 4 is 16.8 Å². The number of rotatable bonds is 3. The van der Waals surface area contributed by atoms with Crippen LogP contribution in [0.25, 0.3) is 0 Å². The van der Waals surface area contributed by atoms with Crippen LogP contribution in [-0.4, -0.2) is 16.3 Å². The van der Waals surface area contributed by atoms with Crippen molar-refractivity contribution in [1.82, 2.24) is 0 Å². The van der Waals surface area contributed by atoms with Crippen LogP contribution in [0.4, 0.5) is 0 Å². The van der Waals surface area contributed by atoms with Gasteiger partial charge >= 0.3 is 0 Å². The Morgan fingerprint density at radius 3 is 2.33 bits per heavy atom. The van der Waals surface area contributed by atoms with Crippen LogP contribution in [0.1, 0.15) is 59.8 Å². The van der Waals surface area contributed by atoms with Gasteiger partial charge in [0.25, 0.3) is 0 Å². The molecule has 1 aliphatic rings. The van der Waals surface area contributed by atoms with Crippen molar-refractivity contribution < 1.29 is 0 Å². The number of aliphatic imine (C=N–C) groups is 1. The van der Waals surface area contributed by atoms with Gasteiger partial charge in [0.2, 0.25) is 0 Å². The van der Waals surface area contributed by atoms with Gasteiger partial charge in [0.1, 0.15) is 0 Å². The molecule has 0 radical (unpaired) electrons. The Morgan fingerprint density at radius 1 is 1.27 bits per heavy atom. The summed E-state index contributed by atoms with van der Waals surface area (Å²) in [5.41, 5.74) is 0.250. The quantitative estimate of drug-likeness (QED) is 0.510. The molecular formula is C13H25NS. The Kier molecular flexibility index (Phi) is 5.17. The first-order chi connectivity index (χ1) is 7.07. The molecule has 15 heavy (non-hydrogen) atoms. The minimum Gasteiger partial charge on any atom is -0.276 e. The van der Waals surface area contributed by atoms with Crippen LogP contribution in [0.5, 0.6) is 0 Å². The topological polar surface area (TPSA) is 12.4 Å². The molecule has 0 N–H and O–H groups in total. The van der Waals surface area contributed by atoms with E-state index in [4.69, 9.17) is 4.99 Å². The van der Waals surface area contributed by atoms with Crippen molar-refractivity contribution in [3.63, 3.8) is 0 Å². The maximum atomic E-state index is 5.04. The van der Waals surface area contributed by atoms with E-state index >= 15 is 0 Å². The number of thioether (sulfide) groups is 1. The molecule has 0 saturated heterocycles. The maximum absolute atomic E-state index is 5.04. The third-order valence-electron chi connectivity index (χ3n) is 3.10. The van der Waals surface area contributed by atoms with E-state index in [2.05, 4.69) is 27.7 Å². The van der Waals surface area contributed by atoms with Gasteiger partial charge in [0.05, 0.1) is 10.6 Å². The monoisotopic (exact) mass is 227 g/mol. The second-order valence-electron chi connectivity index (χ2n) is 5.10. The molecule has 0 aromatic rings. The molecule has 0 aliphatic heterocycles. The van der Waals surface area contributed by atoms with Crippen molar-refractivity contribution in [3.8, 4) is 0 Å². The third kappa shape index (κ3) is 4.18. The van der Waals surface area contributed by atoms with Crippen LogP contribution in [-0.2, 0) is 0 Å². The second-order valence-corrected chi connectivity index (χ2v) is 6.38. The van der Waals surface area contributed by atoms with E-state index in [9.17, 15) is 0 Å². The zero-order valence-electron chi connectivity index (χ0n) is 10.7. The van der Waals surface area contributed by atoms with E-state index in [1.54, 1.807) is 0 Å². The molecule has 2 heteroatoms. The zero-order chi connectivity index (χ0) is 11.3. The van der Waals surface area contributed by atoms with Gasteiger partial charge in [-0.1, -0.05) is 40.0 Å². The van der Waals surface area contributed by atoms with Crippen LogP contribution >= 0.6 is 11.8 Å². The molecule has 0 bridgehead atoms. The molecular weight excluding hydrogens is 202 g/mol. The SMILES string of the molecule is CCSC(=NC1(C)CCCCC1)C(C)C. The highest BCUT2D eigenvalue weighted by atomic mass is 32.2. The molecule has 0 aromatic carbocycles. The lowest BCUT2D eigenvalue weighted by Crippen LogP contribution is -2.27. The fraction of sp³-hybridized carbons (Fsp3) is 0.923. The van der Waals surface area contributed by atoms with Gasteiger partial charge in [-0.05, 0) is 25.5 Å². The van der Waals surface area contributed by atoms with Crippen LogP contribution in [0.15, 0.2) is 4.99 Å². The predicted molar refractivity (Wildman–Crippen MR) is 71.9 cm³/mol. The first kappa shape index (κ1) is 13.1. The van der Waals surface area contributed by atoms with Crippen molar-refractivity contribution in [2.24, 2.45) is 10.9 Å². The van der Waals surface area contributed by atoms with Crippen molar-refractivity contribution in [2.75, 3.05) is 5.75 Å².